The number of aryl methyl sites for hydroxylation is 2. The first-order chi connectivity index (χ1) is 15.0. The van der Waals surface area contributed by atoms with Gasteiger partial charge in [0.15, 0.2) is 5.15 Å². The Bertz CT molecular complexity index is 1150. The minimum absolute atomic E-state index is 0.0211. The highest BCUT2D eigenvalue weighted by Crippen LogP contribution is 2.35. The molecule has 0 bridgehead atoms. The summed E-state index contributed by atoms with van der Waals surface area (Å²) in [5, 5.41) is 8.33. The average molecular weight is 462 g/mol. The van der Waals surface area contributed by atoms with Crippen molar-refractivity contribution in [3.05, 3.63) is 39.9 Å². The summed E-state index contributed by atoms with van der Waals surface area (Å²) in [6, 6.07) is 1.95. The molecule has 1 fully saturated rings. The van der Waals surface area contributed by atoms with Crippen molar-refractivity contribution >= 4 is 40.7 Å². The number of amides is 1. The van der Waals surface area contributed by atoms with Gasteiger partial charge in [-0.3, -0.25) is 9.48 Å². The fourth-order valence-corrected chi connectivity index (χ4v) is 4.53. The number of nitrogens with zero attached hydrogens (tertiary/aromatic N) is 6. The SMILES string of the molecule is Cc1cc(Cl)n2c1-c1nc(Nc3cn(CC(=O)N4CCOCC4)nc3Cl)ncc1CC2. The second-order valence-corrected chi connectivity index (χ2v) is 8.36. The molecule has 1 amide bonds. The maximum Gasteiger partial charge on any atom is 0.244 e. The normalized spacial score (nSPS) is 15.5. The summed E-state index contributed by atoms with van der Waals surface area (Å²) in [4.78, 5) is 23.4. The van der Waals surface area contributed by atoms with Gasteiger partial charge < -0.3 is 19.5 Å². The number of morpholine rings is 1. The lowest BCUT2D eigenvalue weighted by atomic mass is 10.0. The van der Waals surface area contributed by atoms with E-state index >= 15 is 0 Å². The van der Waals surface area contributed by atoms with E-state index in [9.17, 15) is 4.79 Å². The number of halogens is 2. The molecule has 1 N–H and O–H groups in total. The van der Waals surface area contributed by atoms with Gasteiger partial charge in [-0.15, -0.1) is 0 Å². The lowest BCUT2D eigenvalue weighted by Crippen LogP contribution is -2.42. The zero-order valence-electron chi connectivity index (χ0n) is 16.9. The molecule has 0 unspecified atom stereocenters. The van der Waals surface area contributed by atoms with Crippen molar-refractivity contribution in [1.82, 2.24) is 29.2 Å². The largest absolute Gasteiger partial charge is 0.378 e. The standard InChI is InChI=1S/C20H21Cl2N7O2/c1-12-8-15(21)29-3-2-13-9-23-20(25-17(13)18(12)29)24-14-10-28(26-19(14)22)11-16(30)27-4-6-31-7-5-27/h8-10H,2-7,11H2,1H3,(H,23,24,25). The average Bonchev–Trinajstić information content (AvgIpc) is 3.26. The Balaban J connectivity index is 1.36. The minimum atomic E-state index is -0.0211. The van der Waals surface area contributed by atoms with E-state index in [0.717, 1.165) is 35.5 Å². The molecule has 162 valence electrons. The third-order valence-corrected chi connectivity index (χ3v) is 6.15. The van der Waals surface area contributed by atoms with Crippen molar-refractivity contribution in [3.8, 4) is 11.4 Å². The summed E-state index contributed by atoms with van der Waals surface area (Å²) < 4.78 is 8.88. The zero-order chi connectivity index (χ0) is 21.5. The number of ether oxygens (including phenoxy) is 1. The van der Waals surface area contributed by atoms with Crippen LogP contribution < -0.4 is 5.32 Å². The van der Waals surface area contributed by atoms with E-state index in [1.807, 2.05) is 19.2 Å². The van der Waals surface area contributed by atoms with Crippen LogP contribution in [0.4, 0.5) is 11.6 Å². The molecule has 2 aliphatic heterocycles. The molecule has 0 aromatic carbocycles. The van der Waals surface area contributed by atoms with Gasteiger partial charge in [-0.25, -0.2) is 9.97 Å². The van der Waals surface area contributed by atoms with Crippen LogP contribution in [0.5, 0.6) is 0 Å². The minimum Gasteiger partial charge on any atom is -0.378 e. The quantitative estimate of drug-likeness (QED) is 0.642. The van der Waals surface area contributed by atoms with Crippen LogP contribution in [0.1, 0.15) is 11.1 Å². The Labute approximate surface area is 188 Å². The fraction of sp³-hybridized carbons (Fsp3) is 0.400. The lowest BCUT2D eigenvalue weighted by molar-refractivity contribution is -0.136. The second-order valence-electron chi connectivity index (χ2n) is 7.62. The third-order valence-electron chi connectivity index (χ3n) is 5.55. The molecule has 0 spiro atoms. The van der Waals surface area contributed by atoms with Gasteiger partial charge in [0, 0.05) is 31.4 Å². The summed E-state index contributed by atoms with van der Waals surface area (Å²) >= 11 is 12.7. The number of nitrogens with one attached hydrogen (secondary N) is 1. The van der Waals surface area contributed by atoms with E-state index in [4.69, 9.17) is 32.9 Å². The number of hydrogen-bond donors (Lipinski definition) is 1. The number of anilines is 2. The van der Waals surface area contributed by atoms with Crippen LogP contribution in [-0.2, 0) is 29.0 Å². The Morgan fingerprint density at radius 1 is 1.26 bits per heavy atom. The molecule has 5 rings (SSSR count). The summed E-state index contributed by atoms with van der Waals surface area (Å²) in [7, 11) is 0. The summed E-state index contributed by atoms with van der Waals surface area (Å²) in [6.07, 6.45) is 4.34. The van der Waals surface area contributed by atoms with E-state index in [2.05, 4.69) is 20.0 Å². The van der Waals surface area contributed by atoms with E-state index in [1.165, 1.54) is 4.68 Å². The van der Waals surface area contributed by atoms with Crippen LogP contribution in [0.25, 0.3) is 11.4 Å². The first kappa shape index (κ1) is 20.3. The molecule has 11 heteroatoms. The van der Waals surface area contributed by atoms with Crippen molar-refractivity contribution < 1.29 is 9.53 Å². The molecule has 2 aliphatic rings. The molecule has 0 aliphatic carbocycles. The third kappa shape index (κ3) is 3.88. The maximum atomic E-state index is 12.5. The van der Waals surface area contributed by atoms with E-state index in [-0.39, 0.29) is 17.6 Å². The highest BCUT2D eigenvalue weighted by atomic mass is 35.5. The number of rotatable bonds is 4. The van der Waals surface area contributed by atoms with Gasteiger partial charge in [-0.2, -0.15) is 5.10 Å². The topological polar surface area (TPSA) is 90.1 Å². The van der Waals surface area contributed by atoms with Gasteiger partial charge in [-0.05, 0) is 25.0 Å². The van der Waals surface area contributed by atoms with Gasteiger partial charge in [-0.1, -0.05) is 23.2 Å². The molecule has 31 heavy (non-hydrogen) atoms. The molecule has 1 saturated heterocycles. The van der Waals surface area contributed by atoms with E-state index in [0.29, 0.717) is 43.1 Å². The van der Waals surface area contributed by atoms with Crippen molar-refractivity contribution in [2.24, 2.45) is 0 Å². The number of hydrogen-bond acceptors (Lipinski definition) is 6. The molecular weight excluding hydrogens is 441 g/mol. The van der Waals surface area contributed by atoms with Crippen molar-refractivity contribution in [2.75, 3.05) is 31.6 Å². The lowest BCUT2D eigenvalue weighted by Gasteiger charge is -2.26. The number of fused-ring (bicyclic) bond motifs is 3. The highest BCUT2D eigenvalue weighted by Gasteiger charge is 2.23. The molecular formula is C20H21Cl2N7O2. The van der Waals surface area contributed by atoms with Crippen LogP contribution in [0, 0.1) is 6.92 Å². The first-order valence-corrected chi connectivity index (χ1v) is 10.8. The highest BCUT2D eigenvalue weighted by molar-refractivity contribution is 6.32. The van der Waals surface area contributed by atoms with Gasteiger partial charge in [0.1, 0.15) is 11.7 Å². The van der Waals surface area contributed by atoms with Gasteiger partial charge in [0.2, 0.25) is 11.9 Å². The number of aromatic nitrogens is 5. The second kappa shape index (κ2) is 8.14. The van der Waals surface area contributed by atoms with Crippen LogP contribution >= 0.6 is 23.2 Å². The fourth-order valence-electron chi connectivity index (χ4n) is 4.00. The maximum absolute atomic E-state index is 12.5. The van der Waals surface area contributed by atoms with Crippen LogP contribution in [0.3, 0.4) is 0 Å². The van der Waals surface area contributed by atoms with Crippen LogP contribution in [0.2, 0.25) is 10.3 Å². The predicted molar refractivity (Wildman–Crippen MR) is 117 cm³/mol. The van der Waals surface area contributed by atoms with Crippen molar-refractivity contribution in [2.45, 2.75) is 26.4 Å². The summed E-state index contributed by atoms with van der Waals surface area (Å²) in [6.45, 7) is 5.23. The van der Waals surface area contributed by atoms with Crippen molar-refractivity contribution in [1.29, 1.82) is 0 Å². The van der Waals surface area contributed by atoms with Gasteiger partial charge in [0.05, 0.1) is 36.5 Å². The predicted octanol–water partition coefficient (Wildman–Crippen LogP) is 2.92. The Morgan fingerprint density at radius 3 is 2.87 bits per heavy atom. The van der Waals surface area contributed by atoms with E-state index < -0.39 is 0 Å². The van der Waals surface area contributed by atoms with Crippen LogP contribution in [0.15, 0.2) is 18.5 Å². The smallest absolute Gasteiger partial charge is 0.244 e. The molecule has 3 aromatic heterocycles. The van der Waals surface area contributed by atoms with E-state index in [1.54, 1.807) is 11.1 Å². The first-order valence-electron chi connectivity index (χ1n) is 10.1. The van der Waals surface area contributed by atoms with Crippen LogP contribution in [-0.4, -0.2) is 61.4 Å². The summed E-state index contributed by atoms with van der Waals surface area (Å²) in [5.74, 6) is 0.386. The molecule has 5 heterocycles. The Kier molecular flexibility index (Phi) is 5.33. The van der Waals surface area contributed by atoms with Gasteiger partial charge in [0.25, 0.3) is 0 Å². The molecule has 3 aromatic rings. The molecule has 0 saturated carbocycles. The Morgan fingerprint density at radius 2 is 2.06 bits per heavy atom. The molecule has 0 radical (unpaired) electrons. The number of carbonyl (C=O) groups is 1. The summed E-state index contributed by atoms with van der Waals surface area (Å²) in [5.41, 5.74) is 4.56. The Hall–Kier alpha value is -2.62. The molecule has 9 nitrogen and oxygen atoms in total. The molecule has 0 atom stereocenters. The monoisotopic (exact) mass is 461 g/mol. The zero-order valence-corrected chi connectivity index (χ0v) is 18.4. The number of carbonyl (C=O) groups excluding carboxylic acids is 1. The van der Waals surface area contributed by atoms with Crippen molar-refractivity contribution in [3.63, 3.8) is 0 Å². The van der Waals surface area contributed by atoms with Gasteiger partial charge >= 0.3 is 0 Å².